The lowest BCUT2D eigenvalue weighted by molar-refractivity contribution is -0.137. The van der Waals surface area contributed by atoms with Crippen molar-refractivity contribution in [2.24, 2.45) is 5.14 Å². The Labute approximate surface area is 180 Å². The number of alkyl halides is 3. The number of halogens is 3. The lowest BCUT2D eigenvalue weighted by atomic mass is 10.1. The number of nitrogens with two attached hydrogens (primary N) is 1. The quantitative estimate of drug-likeness (QED) is 0.442. The van der Waals surface area contributed by atoms with Gasteiger partial charge < -0.3 is 5.32 Å². The third-order valence-electron chi connectivity index (χ3n) is 4.56. The zero-order chi connectivity index (χ0) is 23.8. The number of Topliss-reactive ketones (excluding diaryl/α,β-unsaturated/α-hetero) is 1. The molecule has 8 nitrogen and oxygen atoms in total. The van der Waals surface area contributed by atoms with Crippen molar-refractivity contribution in [1.29, 1.82) is 0 Å². The molecule has 0 saturated heterocycles. The van der Waals surface area contributed by atoms with Crippen LogP contribution in [0.15, 0.2) is 53.4 Å². The number of carbonyl (C=O) groups is 2. The van der Waals surface area contributed by atoms with E-state index < -0.39 is 33.5 Å². The van der Waals surface area contributed by atoms with E-state index in [0.29, 0.717) is 0 Å². The molecule has 1 heterocycles. The standard InChI is InChI=1S/C20H17F3N4O4S/c1-11-17(12(2)27(26-11)15-7-3-5-13(9-15)20(21,22)23)18(28)19(29)25-14-6-4-8-16(10-14)32(24,30)31/h3-10H,1-2H3,(H,25,29)(H2,24,30,31). The SMILES string of the molecule is Cc1nn(-c2cccc(C(F)(F)F)c2)c(C)c1C(=O)C(=O)Nc1cccc(S(N)(=O)=O)c1. The van der Waals surface area contributed by atoms with E-state index in [4.69, 9.17) is 5.14 Å². The summed E-state index contributed by atoms with van der Waals surface area (Å²) in [6.07, 6.45) is -4.56. The van der Waals surface area contributed by atoms with Crippen molar-refractivity contribution in [3.63, 3.8) is 0 Å². The molecule has 0 bridgehead atoms. The Hall–Kier alpha value is -3.51. The highest BCUT2D eigenvalue weighted by Crippen LogP contribution is 2.31. The Morgan fingerprint density at radius 2 is 1.72 bits per heavy atom. The van der Waals surface area contributed by atoms with Crippen LogP contribution in [0.1, 0.15) is 27.3 Å². The first-order valence-corrected chi connectivity index (χ1v) is 10.6. The maximum absolute atomic E-state index is 13.0. The van der Waals surface area contributed by atoms with Gasteiger partial charge in [-0.2, -0.15) is 18.3 Å². The number of ketones is 1. The molecule has 0 aliphatic carbocycles. The smallest absolute Gasteiger partial charge is 0.319 e. The lowest BCUT2D eigenvalue weighted by Crippen LogP contribution is -2.24. The van der Waals surface area contributed by atoms with Gasteiger partial charge in [0.2, 0.25) is 10.0 Å². The Bertz CT molecular complexity index is 1330. The first-order valence-electron chi connectivity index (χ1n) is 9.01. The van der Waals surface area contributed by atoms with E-state index in [1.54, 1.807) is 0 Å². The molecule has 0 saturated carbocycles. The van der Waals surface area contributed by atoms with E-state index in [-0.39, 0.29) is 33.2 Å². The fourth-order valence-electron chi connectivity index (χ4n) is 3.09. The Balaban J connectivity index is 1.92. The molecule has 0 aliphatic rings. The van der Waals surface area contributed by atoms with Crippen molar-refractivity contribution in [3.8, 4) is 5.69 Å². The van der Waals surface area contributed by atoms with E-state index >= 15 is 0 Å². The maximum Gasteiger partial charge on any atom is 0.416 e. The second-order valence-corrected chi connectivity index (χ2v) is 8.42. The summed E-state index contributed by atoms with van der Waals surface area (Å²) >= 11 is 0. The molecule has 3 aromatic rings. The highest BCUT2D eigenvalue weighted by molar-refractivity contribution is 7.89. The number of rotatable bonds is 5. The normalized spacial score (nSPS) is 11.9. The summed E-state index contributed by atoms with van der Waals surface area (Å²) in [5, 5.41) is 11.5. The first kappa shape index (κ1) is 23.2. The zero-order valence-electron chi connectivity index (χ0n) is 16.8. The minimum atomic E-state index is -4.56. The molecule has 0 fully saturated rings. The van der Waals surface area contributed by atoms with Crippen LogP contribution in [-0.4, -0.2) is 29.9 Å². The van der Waals surface area contributed by atoms with Crippen molar-refractivity contribution in [2.75, 3.05) is 5.32 Å². The van der Waals surface area contributed by atoms with Crippen molar-refractivity contribution >= 4 is 27.4 Å². The fourth-order valence-corrected chi connectivity index (χ4v) is 3.65. The van der Waals surface area contributed by atoms with Crippen LogP contribution in [0.5, 0.6) is 0 Å². The molecule has 0 atom stereocenters. The van der Waals surface area contributed by atoms with Crippen molar-refractivity contribution in [3.05, 3.63) is 71.0 Å². The van der Waals surface area contributed by atoms with E-state index in [1.165, 1.54) is 44.2 Å². The largest absolute Gasteiger partial charge is 0.416 e. The Morgan fingerprint density at radius 1 is 1.06 bits per heavy atom. The van der Waals surface area contributed by atoms with Crippen LogP contribution in [0.25, 0.3) is 5.69 Å². The second-order valence-electron chi connectivity index (χ2n) is 6.86. The average molecular weight is 466 g/mol. The van der Waals surface area contributed by atoms with Crippen molar-refractivity contribution < 1.29 is 31.2 Å². The van der Waals surface area contributed by atoms with Gasteiger partial charge in [-0.05, 0) is 50.2 Å². The van der Waals surface area contributed by atoms with Gasteiger partial charge in [-0.1, -0.05) is 12.1 Å². The summed E-state index contributed by atoms with van der Waals surface area (Å²) in [6.45, 7) is 2.89. The molecule has 12 heteroatoms. The summed E-state index contributed by atoms with van der Waals surface area (Å²) in [6, 6.07) is 9.40. The highest BCUT2D eigenvalue weighted by Gasteiger charge is 2.31. The number of nitrogens with zero attached hydrogens (tertiary/aromatic N) is 2. The third-order valence-corrected chi connectivity index (χ3v) is 5.47. The first-order chi connectivity index (χ1) is 14.8. The average Bonchev–Trinajstić information content (AvgIpc) is 3.00. The Kier molecular flexibility index (Phi) is 5.94. The summed E-state index contributed by atoms with van der Waals surface area (Å²) in [4.78, 5) is 25.0. The predicted octanol–water partition coefficient (Wildman–Crippen LogP) is 2.98. The number of aromatic nitrogens is 2. The molecule has 3 rings (SSSR count). The monoisotopic (exact) mass is 466 g/mol. The molecule has 168 valence electrons. The van der Waals surface area contributed by atoms with Crippen LogP contribution < -0.4 is 10.5 Å². The van der Waals surface area contributed by atoms with Gasteiger partial charge in [0.1, 0.15) is 0 Å². The summed E-state index contributed by atoms with van der Waals surface area (Å²) in [5.74, 6) is -2.06. The highest BCUT2D eigenvalue weighted by atomic mass is 32.2. The Morgan fingerprint density at radius 3 is 2.34 bits per heavy atom. The number of benzene rings is 2. The number of hydrogen-bond acceptors (Lipinski definition) is 5. The zero-order valence-corrected chi connectivity index (χ0v) is 17.6. The topological polar surface area (TPSA) is 124 Å². The van der Waals surface area contributed by atoms with E-state index in [9.17, 15) is 31.2 Å². The molecule has 3 N–H and O–H groups in total. The van der Waals surface area contributed by atoms with E-state index in [0.717, 1.165) is 22.9 Å². The number of carbonyl (C=O) groups excluding carboxylic acids is 2. The van der Waals surface area contributed by atoms with Gasteiger partial charge in [-0.3, -0.25) is 9.59 Å². The molecule has 32 heavy (non-hydrogen) atoms. The molecule has 2 aromatic carbocycles. The number of anilines is 1. The number of aryl methyl sites for hydroxylation is 1. The van der Waals surface area contributed by atoms with Crippen LogP contribution in [0, 0.1) is 13.8 Å². The van der Waals surface area contributed by atoms with Crippen molar-refractivity contribution in [2.45, 2.75) is 24.9 Å². The van der Waals surface area contributed by atoms with Crippen molar-refractivity contribution in [1.82, 2.24) is 9.78 Å². The van der Waals surface area contributed by atoms with Crippen LogP contribution in [0.4, 0.5) is 18.9 Å². The molecule has 0 aliphatic heterocycles. The number of primary sulfonamides is 1. The summed E-state index contributed by atoms with van der Waals surface area (Å²) in [5.41, 5.74) is -0.569. The summed E-state index contributed by atoms with van der Waals surface area (Å²) < 4.78 is 63.1. The molecule has 0 radical (unpaired) electrons. The van der Waals surface area contributed by atoms with Crippen LogP contribution in [0.2, 0.25) is 0 Å². The molecule has 0 unspecified atom stereocenters. The molecular weight excluding hydrogens is 449 g/mol. The third kappa shape index (κ3) is 4.70. The van der Waals surface area contributed by atoms with Gasteiger partial charge >= 0.3 is 6.18 Å². The van der Waals surface area contributed by atoms with Gasteiger partial charge in [0.15, 0.2) is 0 Å². The van der Waals surface area contributed by atoms with E-state index in [1.807, 2.05) is 0 Å². The number of nitrogens with one attached hydrogen (secondary N) is 1. The van der Waals surface area contributed by atoms with Crippen LogP contribution in [0.3, 0.4) is 0 Å². The molecule has 0 spiro atoms. The molecule has 1 amide bonds. The second kappa shape index (κ2) is 8.20. The number of hydrogen-bond donors (Lipinski definition) is 2. The number of sulfonamides is 1. The lowest BCUT2D eigenvalue weighted by Gasteiger charge is -2.10. The van der Waals surface area contributed by atoms with E-state index in [2.05, 4.69) is 10.4 Å². The predicted molar refractivity (Wildman–Crippen MR) is 109 cm³/mol. The van der Waals surface area contributed by atoms with Gasteiger partial charge in [0.05, 0.1) is 33.1 Å². The van der Waals surface area contributed by atoms with Gasteiger partial charge in [0, 0.05) is 5.69 Å². The fraction of sp³-hybridized carbons (Fsp3) is 0.150. The van der Waals surface area contributed by atoms with Gasteiger partial charge in [-0.25, -0.2) is 18.2 Å². The van der Waals surface area contributed by atoms with Crippen LogP contribution >= 0.6 is 0 Å². The van der Waals surface area contributed by atoms with Crippen LogP contribution in [-0.2, 0) is 21.0 Å². The summed E-state index contributed by atoms with van der Waals surface area (Å²) in [7, 11) is -4.02. The van der Waals surface area contributed by atoms with Gasteiger partial charge in [-0.15, -0.1) is 0 Å². The number of amides is 1. The minimum Gasteiger partial charge on any atom is -0.319 e. The molecular formula is C20H17F3N4O4S. The van der Waals surface area contributed by atoms with Gasteiger partial charge in [0.25, 0.3) is 11.7 Å². The molecule has 1 aromatic heterocycles. The minimum absolute atomic E-state index is 0.0236. The maximum atomic E-state index is 13.0.